The molecule has 41 heavy (non-hydrogen) atoms. The molecular formula is C32H31F2N5O2. The van der Waals surface area contributed by atoms with Crippen molar-refractivity contribution in [3.05, 3.63) is 102 Å². The van der Waals surface area contributed by atoms with Gasteiger partial charge in [0.25, 0.3) is 0 Å². The number of amides is 1. The van der Waals surface area contributed by atoms with E-state index in [2.05, 4.69) is 21.7 Å². The number of aromatic nitrogens is 3. The average molecular weight is 556 g/mol. The van der Waals surface area contributed by atoms with Crippen LogP contribution in [0.5, 0.6) is 0 Å². The lowest BCUT2D eigenvalue weighted by Gasteiger charge is -2.18. The van der Waals surface area contributed by atoms with Crippen molar-refractivity contribution in [2.75, 3.05) is 11.9 Å². The number of rotatable bonds is 7. The number of fused-ring (bicyclic) bond motifs is 2. The number of hydrogen-bond donors (Lipinski definition) is 2. The number of ketones is 1. The Morgan fingerprint density at radius 2 is 1.73 bits per heavy atom. The number of pyridine rings is 1. The Labute approximate surface area is 236 Å². The van der Waals surface area contributed by atoms with Gasteiger partial charge in [0.05, 0.1) is 28.6 Å². The van der Waals surface area contributed by atoms with Gasteiger partial charge < -0.3 is 19.6 Å². The van der Waals surface area contributed by atoms with Crippen molar-refractivity contribution >= 4 is 33.9 Å². The number of nitrogens with one attached hydrogen (secondary N) is 2. The van der Waals surface area contributed by atoms with Crippen molar-refractivity contribution in [2.45, 2.75) is 33.2 Å². The molecule has 9 heteroatoms. The first-order chi connectivity index (χ1) is 19.4. The monoisotopic (exact) mass is 555 g/mol. The zero-order valence-electron chi connectivity index (χ0n) is 23.5. The van der Waals surface area contributed by atoms with E-state index in [0.717, 1.165) is 45.4 Å². The number of carbonyl (C=O) groups is 2. The molecule has 0 saturated carbocycles. The zero-order chi connectivity index (χ0) is 29.5. The fraction of sp³-hybridized carbons (Fsp3) is 0.219. The number of carbonyl (C=O) groups excluding carboxylic acids is 2. The van der Waals surface area contributed by atoms with Gasteiger partial charge in [-0.3, -0.25) is 9.59 Å². The Morgan fingerprint density at radius 3 is 2.44 bits per heavy atom. The summed E-state index contributed by atoms with van der Waals surface area (Å²) in [5, 5.41) is 5.40. The van der Waals surface area contributed by atoms with Gasteiger partial charge >= 0.3 is 0 Å². The number of benzene rings is 2. The largest absolute Gasteiger partial charge is 0.334 e. The van der Waals surface area contributed by atoms with E-state index in [1.54, 1.807) is 29.1 Å². The molecule has 2 N–H and O–H groups in total. The predicted octanol–water partition coefficient (Wildman–Crippen LogP) is 6.19. The van der Waals surface area contributed by atoms with Gasteiger partial charge in [0.15, 0.2) is 0 Å². The van der Waals surface area contributed by atoms with Crippen LogP contribution in [0.25, 0.3) is 27.7 Å². The molecule has 3 heterocycles. The van der Waals surface area contributed by atoms with Gasteiger partial charge in [-0.05, 0) is 81.3 Å². The number of anilines is 1. The Bertz CT molecular complexity index is 1820. The molecule has 0 bridgehead atoms. The first-order valence-electron chi connectivity index (χ1n) is 13.2. The van der Waals surface area contributed by atoms with Crippen molar-refractivity contribution in [3.8, 4) is 11.1 Å². The molecule has 0 aliphatic heterocycles. The highest BCUT2D eigenvalue weighted by atomic mass is 19.1. The van der Waals surface area contributed by atoms with E-state index in [4.69, 9.17) is 0 Å². The Hall–Kier alpha value is -4.63. The van der Waals surface area contributed by atoms with Crippen molar-refractivity contribution < 1.29 is 18.4 Å². The van der Waals surface area contributed by atoms with Gasteiger partial charge in [-0.15, -0.1) is 0 Å². The summed E-state index contributed by atoms with van der Waals surface area (Å²) in [7, 11) is 1.94. The molecule has 0 fully saturated rings. The Morgan fingerprint density at radius 1 is 1.00 bits per heavy atom. The molecule has 0 radical (unpaired) electrons. The molecule has 0 unspecified atom stereocenters. The topological polar surface area (TPSA) is 80.4 Å². The van der Waals surface area contributed by atoms with Crippen molar-refractivity contribution in [3.63, 3.8) is 0 Å². The highest BCUT2D eigenvalue weighted by molar-refractivity contribution is 6.09. The minimum Gasteiger partial charge on any atom is -0.334 e. The third kappa shape index (κ3) is 5.67. The standard InChI is InChI=1S/C32H31F2N5O2/c1-19-14-28-25(35-18-38(28)5)17-22(19)21-8-7-13-39-26(21)10-11-27(39)31(41)20-15-23(33)30(24(34)16-20)37-29(40)9-6-12-36-32(2,3)4/h6-11,13-18,36H,12H2,1-5H3,(H,37,40)/b9-6+. The molecule has 5 rings (SSSR count). The molecule has 1 amide bonds. The van der Waals surface area contributed by atoms with E-state index >= 15 is 0 Å². The highest BCUT2D eigenvalue weighted by Crippen LogP contribution is 2.32. The van der Waals surface area contributed by atoms with Crippen LogP contribution < -0.4 is 10.6 Å². The van der Waals surface area contributed by atoms with E-state index in [-0.39, 0.29) is 16.8 Å². The number of halogens is 2. The van der Waals surface area contributed by atoms with Gasteiger partial charge in [0.2, 0.25) is 11.7 Å². The van der Waals surface area contributed by atoms with Crippen LogP contribution in [-0.4, -0.2) is 37.7 Å². The zero-order valence-corrected chi connectivity index (χ0v) is 23.5. The van der Waals surface area contributed by atoms with Gasteiger partial charge in [-0.1, -0.05) is 12.1 Å². The maximum absolute atomic E-state index is 14.9. The highest BCUT2D eigenvalue weighted by Gasteiger charge is 2.21. The molecule has 0 spiro atoms. The quantitative estimate of drug-likeness (QED) is 0.185. The minimum absolute atomic E-state index is 0.138. The third-order valence-corrected chi connectivity index (χ3v) is 6.86. The summed E-state index contributed by atoms with van der Waals surface area (Å²) in [6.07, 6.45) is 6.27. The Kier molecular flexibility index (Phi) is 7.31. The van der Waals surface area contributed by atoms with Crippen molar-refractivity contribution in [2.24, 2.45) is 7.05 Å². The summed E-state index contributed by atoms with van der Waals surface area (Å²) in [6, 6.07) is 13.2. The summed E-state index contributed by atoms with van der Waals surface area (Å²) in [4.78, 5) is 30.1. The Balaban J connectivity index is 1.42. The van der Waals surface area contributed by atoms with E-state index in [1.165, 1.54) is 6.08 Å². The average Bonchev–Trinajstić information content (AvgIpc) is 3.50. The molecule has 0 atom stereocenters. The number of imidazole rings is 1. The lowest BCUT2D eigenvalue weighted by molar-refractivity contribution is -0.112. The van der Waals surface area contributed by atoms with Crippen LogP contribution in [0.4, 0.5) is 14.5 Å². The molecule has 0 aliphatic carbocycles. The van der Waals surface area contributed by atoms with Crippen LogP contribution in [0, 0.1) is 18.6 Å². The second kappa shape index (κ2) is 10.7. The van der Waals surface area contributed by atoms with Crippen LogP contribution in [0.15, 0.2) is 73.2 Å². The minimum atomic E-state index is -1.04. The van der Waals surface area contributed by atoms with Crippen LogP contribution in [-0.2, 0) is 11.8 Å². The van der Waals surface area contributed by atoms with E-state index in [9.17, 15) is 18.4 Å². The molecule has 3 aromatic heterocycles. The molecular weight excluding hydrogens is 524 g/mol. The molecule has 210 valence electrons. The summed E-state index contributed by atoms with van der Waals surface area (Å²) < 4.78 is 33.5. The smallest absolute Gasteiger partial charge is 0.248 e. The summed E-state index contributed by atoms with van der Waals surface area (Å²) in [6.45, 7) is 8.37. The molecule has 2 aromatic carbocycles. The number of hydrogen-bond acceptors (Lipinski definition) is 4. The first-order valence-corrected chi connectivity index (χ1v) is 13.2. The predicted molar refractivity (Wildman–Crippen MR) is 157 cm³/mol. The van der Waals surface area contributed by atoms with E-state index in [1.807, 2.05) is 63.6 Å². The maximum Gasteiger partial charge on any atom is 0.248 e. The SMILES string of the molecule is Cc1cc2c(cc1-c1cccn3c(C(=O)c4cc(F)c(NC(=O)/C=C/CNC(C)(C)C)c(F)c4)ccc13)ncn2C. The van der Waals surface area contributed by atoms with E-state index < -0.39 is 29.0 Å². The van der Waals surface area contributed by atoms with Gasteiger partial charge in [0, 0.05) is 42.5 Å². The fourth-order valence-electron chi connectivity index (χ4n) is 4.79. The van der Waals surface area contributed by atoms with Crippen molar-refractivity contribution in [1.29, 1.82) is 0 Å². The van der Waals surface area contributed by atoms with E-state index in [0.29, 0.717) is 6.54 Å². The van der Waals surface area contributed by atoms with Crippen LogP contribution in [0.3, 0.4) is 0 Å². The number of nitrogens with zero attached hydrogens (tertiary/aromatic N) is 3. The number of aryl methyl sites for hydroxylation is 2. The first kappa shape index (κ1) is 27.9. The van der Waals surface area contributed by atoms with Crippen molar-refractivity contribution in [1.82, 2.24) is 19.3 Å². The van der Waals surface area contributed by atoms with Gasteiger partial charge in [0.1, 0.15) is 17.3 Å². The third-order valence-electron chi connectivity index (χ3n) is 6.86. The molecule has 7 nitrogen and oxygen atoms in total. The summed E-state index contributed by atoms with van der Waals surface area (Å²) in [5.74, 6) is -3.31. The molecule has 0 aliphatic rings. The molecule has 5 aromatic rings. The van der Waals surface area contributed by atoms with Gasteiger partial charge in [-0.2, -0.15) is 0 Å². The van der Waals surface area contributed by atoms with Crippen LogP contribution in [0.1, 0.15) is 42.4 Å². The fourth-order valence-corrected chi connectivity index (χ4v) is 4.79. The van der Waals surface area contributed by atoms with Crippen LogP contribution >= 0.6 is 0 Å². The lowest BCUT2D eigenvalue weighted by Crippen LogP contribution is -2.35. The lowest BCUT2D eigenvalue weighted by atomic mass is 9.99. The molecule has 0 saturated heterocycles. The summed E-state index contributed by atoms with van der Waals surface area (Å²) in [5.41, 5.74) is 4.90. The maximum atomic E-state index is 14.9. The second-order valence-electron chi connectivity index (χ2n) is 11.1. The van der Waals surface area contributed by atoms with Crippen LogP contribution in [0.2, 0.25) is 0 Å². The summed E-state index contributed by atoms with van der Waals surface area (Å²) >= 11 is 0. The second-order valence-corrected chi connectivity index (χ2v) is 11.1. The normalized spacial score (nSPS) is 12.1. The van der Waals surface area contributed by atoms with Gasteiger partial charge in [-0.25, -0.2) is 13.8 Å².